The Labute approximate surface area is 122 Å². The first-order valence-electron chi connectivity index (χ1n) is 7.12. The molecule has 2 amide bonds. The molecule has 1 aromatic carbocycles. The lowest BCUT2D eigenvalue weighted by molar-refractivity contribution is -0.168. The summed E-state index contributed by atoms with van der Waals surface area (Å²) >= 11 is 0. The minimum Gasteiger partial charge on any atom is -0.480 e. The van der Waals surface area contributed by atoms with Crippen molar-refractivity contribution in [2.24, 2.45) is 0 Å². The maximum Gasteiger partial charge on any atom is 0.345 e. The van der Waals surface area contributed by atoms with E-state index in [2.05, 4.69) is 0 Å². The molecule has 1 N–H and O–H groups in total. The van der Waals surface area contributed by atoms with Crippen LogP contribution in [0.15, 0.2) is 30.3 Å². The Balaban J connectivity index is 1.73. The number of piperidine rings is 1. The number of fused-ring (bicyclic) bond motifs is 2. The number of aliphatic carboxylic acids is 1. The smallest absolute Gasteiger partial charge is 0.345 e. The summed E-state index contributed by atoms with van der Waals surface area (Å²) < 4.78 is 0. The summed E-state index contributed by atoms with van der Waals surface area (Å²) in [4.78, 5) is 30.7. The van der Waals surface area contributed by atoms with Gasteiger partial charge in [-0.05, 0) is 25.3 Å². The van der Waals surface area contributed by atoms with Gasteiger partial charge in [0.15, 0.2) is 0 Å². The number of hydroxylamine groups is 2. The third-order valence-electron chi connectivity index (χ3n) is 4.15. The van der Waals surface area contributed by atoms with E-state index in [4.69, 9.17) is 9.94 Å². The maximum absolute atomic E-state index is 12.3. The van der Waals surface area contributed by atoms with Gasteiger partial charge in [0.1, 0.15) is 12.1 Å². The van der Waals surface area contributed by atoms with E-state index in [1.54, 1.807) is 0 Å². The summed E-state index contributed by atoms with van der Waals surface area (Å²) in [6.07, 6.45) is 0.880. The van der Waals surface area contributed by atoms with Gasteiger partial charge in [-0.1, -0.05) is 30.3 Å². The molecule has 2 bridgehead atoms. The highest BCUT2D eigenvalue weighted by Crippen LogP contribution is 2.32. The normalized spacial score (nSPS) is 26.0. The molecule has 2 fully saturated rings. The fraction of sp³-hybridized carbons (Fsp3) is 0.467. The number of benzene rings is 1. The van der Waals surface area contributed by atoms with E-state index < -0.39 is 12.0 Å². The summed E-state index contributed by atoms with van der Waals surface area (Å²) in [5, 5.41) is 10.5. The van der Waals surface area contributed by atoms with Crippen molar-refractivity contribution in [3.63, 3.8) is 0 Å². The fourth-order valence-corrected chi connectivity index (χ4v) is 2.98. The summed E-state index contributed by atoms with van der Waals surface area (Å²) in [6, 6.07) is 8.52. The van der Waals surface area contributed by atoms with E-state index in [0.29, 0.717) is 19.4 Å². The van der Waals surface area contributed by atoms with Crippen LogP contribution >= 0.6 is 0 Å². The Morgan fingerprint density at radius 2 is 2.05 bits per heavy atom. The van der Waals surface area contributed by atoms with Crippen molar-refractivity contribution in [3.8, 4) is 0 Å². The van der Waals surface area contributed by atoms with Crippen molar-refractivity contribution < 1.29 is 19.5 Å². The second kappa shape index (κ2) is 5.37. The van der Waals surface area contributed by atoms with Crippen LogP contribution in [0.25, 0.3) is 0 Å². The van der Waals surface area contributed by atoms with Crippen molar-refractivity contribution in [1.82, 2.24) is 9.96 Å². The topological polar surface area (TPSA) is 70.1 Å². The molecule has 112 valence electrons. The van der Waals surface area contributed by atoms with Crippen LogP contribution in [-0.4, -0.2) is 45.7 Å². The number of amides is 2. The highest BCUT2D eigenvalue weighted by molar-refractivity contribution is 5.84. The van der Waals surface area contributed by atoms with Crippen LogP contribution in [0.4, 0.5) is 4.79 Å². The number of hydrogen-bond acceptors (Lipinski definition) is 3. The van der Waals surface area contributed by atoms with Crippen molar-refractivity contribution in [2.75, 3.05) is 6.54 Å². The van der Waals surface area contributed by atoms with Gasteiger partial charge in [-0.3, -0.25) is 4.84 Å². The van der Waals surface area contributed by atoms with Gasteiger partial charge in [0, 0.05) is 6.54 Å². The SMILES string of the molecule is C[C@@H](ON1C(=O)N2CC1CC[C@@H]2C(=O)O)c1ccccc1. The number of urea groups is 1. The van der Waals surface area contributed by atoms with Crippen LogP contribution in [0.3, 0.4) is 0 Å². The molecular formula is C15H18N2O4. The van der Waals surface area contributed by atoms with Crippen molar-refractivity contribution in [2.45, 2.75) is 38.0 Å². The van der Waals surface area contributed by atoms with Crippen molar-refractivity contribution >= 4 is 12.0 Å². The molecule has 0 saturated carbocycles. The zero-order chi connectivity index (χ0) is 15.0. The highest BCUT2D eigenvalue weighted by Gasteiger charge is 2.48. The quantitative estimate of drug-likeness (QED) is 0.921. The van der Waals surface area contributed by atoms with Gasteiger partial charge in [0.05, 0.1) is 6.04 Å². The molecule has 0 aliphatic carbocycles. The van der Waals surface area contributed by atoms with Gasteiger partial charge in [0.25, 0.3) is 0 Å². The molecule has 6 nitrogen and oxygen atoms in total. The standard InChI is InChI=1S/C15H18N2O4/c1-10(11-5-3-2-4-6-11)21-17-12-7-8-13(14(18)19)16(9-12)15(17)20/h2-6,10,12-13H,7-9H2,1H3,(H,18,19)/t10-,12?,13-/m1/s1. The van der Waals surface area contributed by atoms with Gasteiger partial charge in [-0.15, -0.1) is 0 Å². The third kappa shape index (κ3) is 2.47. The van der Waals surface area contributed by atoms with E-state index in [1.807, 2.05) is 37.3 Å². The molecule has 1 aromatic rings. The van der Waals surface area contributed by atoms with Gasteiger partial charge in [-0.2, -0.15) is 5.06 Å². The van der Waals surface area contributed by atoms with Crippen LogP contribution in [0.5, 0.6) is 0 Å². The van der Waals surface area contributed by atoms with Gasteiger partial charge in [-0.25, -0.2) is 9.59 Å². The average molecular weight is 290 g/mol. The van der Waals surface area contributed by atoms with Gasteiger partial charge < -0.3 is 10.0 Å². The molecule has 0 radical (unpaired) electrons. The summed E-state index contributed by atoms with van der Waals surface area (Å²) in [7, 11) is 0. The number of carboxylic acids is 1. The third-order valence-corrected chi connectivity index (χ3v) is 4.15. The average Bonchev–Trinajstić information content (AvgIpc) is 2.73. The molecule has 3 atom stereocenters. The molecule has 0 spiro atoms. The van der Waals surface area contributed by atoms with Crippen LogP contribution in [0.2, 0.25) is 0 Å². The molecule has 2 heterocycles. The Hall–Kier alpha value is -2.08. The number of carboxylic acid groups (broad SMARTS) is 1. The predicted octanol–water partition coefficient (Wildman–Crippen LogP) is 2.03. The van der Waals surface area contributed by atoms with E-state index in [-0.39, 0.29) is 18.2 Å². The first-order chi connectivity index (χ1) is 10.1. The lowest BCUT2D eigenvalue weighted by Gasteiger charge is -2.27. The van der Waals surface area contributed by atoms with Crippen LogP contribution in [-0.2, 0) is 9.63 Å². The predicted molar refractivity (Wildman–Crippen MR) is 74.3 cm³/mol. The van der Waals surface area contributed by atoms with Gasteiger partial charge >= 0.3 is 12.0 Å². The lowest BCUT2D eigenvalue weighted by atomic mass is 10.0. The molecule has 3 rings (SSSR count). The molecule has 1 unspecified atom stereocenters. The first-order valence-corrected chi connectivity index (χ1v) is 7.12. The number of hydrogen-bond donors (Lipinski definition) is 1. The molecular weight excluding hydrogens is 272 g/mol. The number of rotatable bonds is 4. The Kier molecular flexibility index (Phi) is 3.55. The second-order valence-electron chi connectivity index (χ2n) is 5.50. The summed E-state index contributed by atoms with van der Waals surface area (Å²) in [6.45, 7) is 2.31. The van der Waals surface area contributed by atoms with Crippen molar-refractivity contribution in [3.05, 3.63) is 35.9 Å². The minimum atomic E-state index is -0.945. The fourth-order valence-electron chi connectivity index (χ4n) is 2.98. The molecule has 2 aliphatic heterocycles. The zero-order valence-electron chi connectivity index (χ0n) is 11.8. The monoisotopic (exact) mass is 290 g/mol. The summed E-state index contributed by atoms with van der Waals surface area (Å²) in [5.74, 6) is -0.945. The summed E-state index contributed by atoms with van der Waals surface area (Å²) in [5.41, 5.74) is 0.983. The zero-order valence-corrected chi connectivity index (χ0v) is 11.8. The van der Waals surface area contributed by atoms with Crippen LogP contribution < -0.4 is 0 Å². The van der Waals surface area contributed by atoms with E-state index in [9.17, 15) is 9.59 Å². The molecule has 6 heteroatoms. The molecule has 2 saturated heterocycles. The van der Waals surface area contributed by atoms with Crippen LogP contribution in [0, 0.1) is 0 Å². The largest absolute Gasteiger partial charge is 0.480 e. The molecule has 2 aliphatic rings. The Morgan fingerprint density at radius 3 is 2.71 bits per heavy atom. The Bertz CT molecular complexity index is 548. The number of carbonyl (C=O) groups is 2. The number of carbonyl (C=O) groups excluding carboxylic acids is 1. The minimum absolute atomic E-state index is 0.0562. The maximum atomic E-state index is 12.3. The highest BCUT2D eigenvalue weighted by atomic mass is 16.7. The van der Waals surface area contributed by atoms with Crippen molar-refractivity contribution in [1.29, 1.82) is 0 Å². The number of nitrogens with zero attached hydrogens (tertiary/aromatic N) is 2. The van der Waals surface area contributed by atoms with E-state index in [0.717, 1.165) is 5.56 Å². The first kappa shape index (κ1) is 13.9. The van der Waals surface area contributed by atoms with Crippen LogP contribution in [0.1, 0.15) is 31.4 Å². The lowest BCUT2D eigenvalue weighted by Crippen LogP contribution is -2.44. The second-order valence-corrected chi connectivity index (χ2v) is 5.50. The molecule has 0 aromatic heterocycles. The van der Waals surface area contributed by atoms with E-state index in [1.165, 1.54) is 9.96 Å². The molecule has 21 heavy (non-hydrogen) atoms. The Morgan fingerprint density at radius 1 is 1.33 bits per heavy atom. The van der Waals surface area contributed by atoms with E-state index >= 15 is 0 Å². The van der Waals surface area contributed by atoms with Gasteiger partial charge in [0.2, 0.25) is 0 Å².